The maximum absolute atomic E-state index is 6.07. The monoisotopic (exact) mass is 471 g/mol. The number of nitrogens with two attached hydrogens (primary N) is 1. The first-order chi connectivity index (χ1) is 11.7. The molecule has 0 unspecified atom stereocenters. The van der Waals surface area contributed by atoms with Gasteiger partial charge in [-0.3, -0.25) is 0 Å². The van der Waals surface area contributed by atoms with Crippen LogP contribution in [0.25, 0.3) is 0 Å². The number of halogens is 2. The zero-order valence-electron chi connectivity index (χ0n) is 14.1. The second-order valence-corrected chi connectivity index (χ2v) is 6.54. The Morgan fingerprint density at radius 2 is 1.88 bits per heavy atom. The summed E-state index contributed by atoms with van der Waals surface area (Å²) in [5, 5.41) is 3.96. The molecule has 1 fully saturated rings. The third-order valence-electron chi connectivity index (χ3n) is 4.36. The van der Waals surface area contributed by atoms with Crippen LogP contribution in [0.1, 0.15) is 29.9 Å². The molecule has 25 heavy (non-hydrogen) atoms. The summed E-state index contributed by atoms with van der Waals surface area (Å²) in [5.74, 6) is 1.00. The van der Waals surface area contributed by atoms with Crippen LogP contribution in [0.2, 0.25) is 5.02 Å². The van der Waals surface area contributed by atoms with Crippen LogP contribution in [-0.2, 0) is 11.3 Å². The van der Waals surface area contributed by atoms with E-state index in [1.165, 1.54) is 5.56 Å². The highest BCUT2D eigenvalue weighted by molar-refractivity contribution is 14.0. The molecule has 1 saturated carbocycles. The molecule has 3 N–H and O–H groups in total. The quantitative estimate of drug-likeness (QED) is 0.375. The highest BCUT2D eigenvalue weighted by atomic mass is 127. The third-order valence-corrected chi connectivity index (χ3v) is 4.61. The Hall–Kier alpha value is -1.31. The lowest BCUT2D eigenvalue weighted by Crippen LogP contribution is -2.31. The van der Waals surface area contributed by atoms with Crippen molar-refractivity contribution in [2.24, 2.45) is 10.7 Å². The molecule has 1 aliphatic rings. The number of para-hydroxylation sites is 1. The third kappa shape index (κ3) is 5.33. The molecule has 0 amide bonds. The molecule has 0 aliphatic heterocycles. The maximum Gasteiger partial charge on any atom is 0.193 e. The van der Waals surface area contributed by atoms with Gasteiger partial charge in [-0.05, 0) is 42.5 Å². The standard InChI is InChI=1S/C19H22ClN3O.HI/c1-24-12-14-4-2-3-5-18(14)23-19(21)22-17-10-15(11-17)13-6-8-16(20)9-7-13;/h2-9,15,17H,10-12H2,1H3,(H3,21,22,23);1H. The maximum atomic E-state index is 6.07. The Morgan fingerprint density at radius 3 is 2.56 bits per heavy atom. The lowest BCUT2D eigenvalue weighted by atomic mass is 9.76. The second kappa shape index (κ2) is 9.40. The van der Waals surface area contributed by atoms with Crippen LogP contribution in [0.5, 0.6) is 0 Å². The van der Waals surface area contributed by atoms with Crippen molar-refractivity contribution in [1.82, 2.24) is 0 Å². The molecule has 0 heterocycles. The Bertz CT molecular complexity index is 715. The summed E-state index contributed by atoms with van der Waals surface area (Å²) in [6.45, 7) is 0.540. The molecule has 0 atom stereocenters. The molecule has 6 heteroatoms. The van der Waals surface area contributed by atoms with E-state index >= 15 is 0 Å². The van der Waals surface area contributed by atoms with Crippen LogP contribution in [-0.4, -0.2) is 19.1 Å². The first-order valence-electron chi connectivity index (χ1n) is 8.08. The number of nitrogens with one attached hydrogen (secondary N) is 1. The number of guanidine groups is 1. The largest absolute Gasteiger partial charge is 0.380 e. The van der Waals surface area contributed by atoms with Gasteiger partial charge in [-0.2, -0.15) is 0 Å². The predicted octanol–water partition coefficient (Wildman–Crippen LogP) is 4.78. The van der Waals surface area contributed by atoms with Gasteiger partial charge < -0.3 is 15.8 Å². The smallest absolute Gasteiger partial charge is 0.193 e. The minimum Gasteiger partial charge on any atom is -0.380 e. The average Bonchev–Trinajstić information content (AvgIpc) is 2.54. The van der Waals surface area contributed by atoms with E-state index in [2.05, 4.69) is 22.4 Å². The number of ether oxygens (including phenoxy) is 1. The predicted molar refractivity (Wildman–Crippen MR) is 115 cm³/mol. The van der Waals surface area contributed by atoms with Crippen molar-refractivity contribution < 1.29 is 4.74 Å². The van der Waals surface area contributed by atoms with Gasteiger partial charge in [-0.25, -0.2) is 4.99 Å². The van der Waals surface area contributed by atoms with Crippen molar-refractivity contribution in [2.75, 3.05) is 12.4 Å². The number of methoxy groups -OCH3 is 1. The fourth-order valence-electron chi connectivity index (χ4n) is 2.99. The lowest BCUT2D eigenvalue weighted by molar-refractivity contribution is 0.185. The molecular weight excluding hydrogens is 449 g/mol. The number of anilines is 1. The molecule has 0 spiro atoms. The van der Waals surface area contributed by atoms with Crippen molar-refractivity contribution in [3.05, 3.63) is 64.7 Å². The van der Waals surface area contributed by atoms with E-state index in [1.54, 1.807) is 7.11 Å². The molecule has 0 radical (unpaired) electrons. The van der Waals surface area contributed by atoms with Crippen LogP contribution in [0.15, 0.2) is 53.5 Å². The van der Waals surface area contributed by atoms with Crippen LogP contribution < -0.4 is 11.1 Å². The fraction of sp³-hybridized carbons (Fsp3) is 0.316. The van der Waals surface area contributed by atoms with E-state index in [1.807, 2.05) is 36.4 Å². The molecule has 2 aromatic carbocycles. The topological polar surface area (TPSA) is 59.6 Å². The SMILES string of the molecule is COCc1ccccc1NC(N)=NC1CC(c2ccc(Cl)cc2)C1.I. The van der Waals surface area contributed by atoms with Crippen LogP contribution in [0, 0.1) is 0 Å². The van der Waals surface area contributed by atoms with Crippen molar-refractivity contribution in [3.63, 3.8) is 0 Å². The molecule has 1 aliphatic carbocycles. The highest BCUT2D eigenvalue weighted by Crippen LogP contribution is 2.39. The Balaban J connectivity index is 0.00000225. The summed E-state index contributed by atoms with van der Waals surface area (Å²) in [7, 11) is 1.68. The summed E-state index contributed by atoms with van der Waals surface area (Å²) in [6.07, 6.45) is 2.04. The van der Waals surface area contributed by atoms with E-state index in [0.29, 0.717) is 18.5 Å². The van der Waals surface area contributed by atoms with Crippen molar-refractivity contribution in [3.8, 4) is 0 Å². The summed E-state index contributed by atoms with van der Waals surface area (Å²) < 4.78 is 5.20. The van der Waals surface area contributed by atoms with E-state index in [4.69, 9.17) is 22.1 Å². The Kier molecular flexibility index (Phi) is 7.53. The van der Waals surface area contributed by atoms with Crippen molar-refractivity contribution in [2.45, 2.75) is 31.4 Å². The molecule has 0 bridgehead atoms. The highest BCUT2D eigenvalue weighted by Gasteiger charge is 2.30. The summed E-state index contributed by atoms with van der Waals surface area (Å²) >= 11 is 5.93. The Labute approximate surface area is 170 Å². The Morgan fingerprint density at radius 1 is 1.20 bits per heavy atom. The summed E-state index contributed by atoms with van der Waals surface area (Å²) in [5.41, 5.74) is 9.39. The van der Waals surface area contributed by atoms with Gasteiger partial charge in [0.25, 0.3) is 0 Å². The zero-order chi connectivity index (χ0) is 16.9. The van der Waals surface area contributed by atoms with Gasteiger partial charge in [0.15, 0.2) is 5.96 Å². The molecule has 0 saturated heterocycles. The molecule has 0 aromatic heterocycles. The number of aliphatic imine (C=N–C) groups is 1. The fourth-order valence-corrected chi connectivity index (χ4v) is 3.12. The van der Waals surface area contributed by atoms with Gasteiger partial charge in [0.2, 0.25) is 0 Å². The molecule has 3 rings (SSSR count). The molecule has 2 aromatic rings. The van der Waals surface area contributed by atoms with Gasteiger partial charge in [0.05, 0.1) is 12.6 Å². The minimum atomic E-state index is 0. The van der Waals surface area contributed by atoms with Gasteiger partial charge in [-0.15, -0.1) is 24.0 Å². The zero-order valence-corrected chi connectivity index (χ0v) is 17.2. The minimum absolute atomic E-state index is 0. The first kappa shape index (κ1) is 20.0. The lowest BCUT2D eigenvalue weighted by Gasteiger charge is -2.33. The van der Waals surface area contributed by atoms with Crippen LogP contribution in [0.4, 0.5) is 5.69 Å². The second-order valence-electron chi connectivity index (χ2n) is 6.10. The van der Waals surface area contributed by atoms with Crippen molar-refractivity contribution >= 4 is 47.2 Å². The van der Waals surface area contributed by atoms with E-state index in [0.717, 1.165) is 29.1 Å². The van der Waals surface area contributed by atoms with E-state index < -0.39 is 0 Å². The summed E-state index contributed by atoms with van der Waals surface area (Å²) in [6, 6.07) is 16.3. The first-order valence-corrected chi connectivity index (χ1v) is 8.46. The number of benzene rings is 2. The normalized spacial score (nSPS) is 19.7. The van der Waals surface area contributed by atoms with Gasteiger partial charge in [0.1, 0.15) is 0 Å². The number of nitrogens with zero attached hydrogens (tertiary/aromatic N) is 1. The average molecular weight is 472 g/mol. The summed E-state index contributed by atoms with van der Waals surface area (Å²) in [4.78, 5) is 4.59. The van der Waals surface area contributed by atoms with Gasteiger partial charge >= 0.3 is 0 Å². The molecule has 4 nitrogen and oxygen atoms in total. The molecular formula is C19H23ClIN3O. The van der Waals surface area contributed by atoms with Crippen LogP contribution >= 0.6 is 35.6 Å². The van der Waals surface area contributed by atoms with E-state index in [-0.39, 0.29) is 30.0 Å². The van der Waals surface area contributed by atoms with E-state index in [9.17, 15) is 0 Å². The number of hydrogen-bond donors (Lipinski definition) is 2. The van der Waals surface area contributed by atoms with Gasteiger partial charge in [-0.1, -0.05) is 41.9 Å². The van der Waals surface area contributed by atoms with Crippen molar-refractivity contribution in [1.29, 1.82) is 0 Å². The number of rotatable bonds is 5. The van der Waals surface area contributed by atoms with Crippen LogP contribution in [0.3, 0.4) is 0 Å². The van der Waals surface area contributed by atoms with Gasteiger partial charge in [0, 0.05) is 23.4 Å². The number of hydrogen-bond acceptors (Lipinski definition) is 2. The molecule has 134 valence electrons.